The molecule has 0 aromatic heterocycles. The second-order valence-electron chi connectivity index (χ2n) is 7.62. The van der Waals surface area contributed by atoms with Crippen LogP contribution < -0.4 is 10.1 Å². The average Bonchev–Trinajstić information content (AvgIpc) is 2.80. The van der Waals surface area contributed by atoms with Crippen LogP contribution in [0.3, 0.4) is 0 Å². The summed E-state index contributed by atoms with van der Waals surface area (Å²) in [6.45, 7) is 1.33. The van der Waals surface area contributed by atoms with Gasteiger partial charge in [-0.15, -0.1) is 0 Å². The average molecular weight is 431 g/mol. The van der Waals surface area contributed by atoms with Crippen molar-refractivity contribution >= 4 is 17.4 Å². The minimum absolute atomic E-state index is 0.0949. The third kappa shape index (κ3) is 4.15. The monoisotopic (exact) mass is 431 g/mol. The molecule has 0 bridgehead atoms. The smallest absolute Gasteiger partial charge is 0.308 e. The van der Waals surface area contributed by atoms with E-state index in [0.29, 0.717) is 11.3 Å². The van der Waals surface area contributed by atoms with Crippen molar-refractivity contribution in [1.29, 1.82) is 0 Å². The molecule has 0 radical (unpaired) electrons. The number of hydrogen-bond donors (Lipinski definition) is 1. The number of rotatable bonds is 6. The van der Waals surface area contributed by atoms with E-state index in [0.717, 1.165) is 16.7 Å². The Balaban J connectivity index is 1.80. The minimum atomic E-state index is -0.494. The summed E-state index contributed by atoms with van der Waals surface area (Å²) in [4.78, 5) is 25.4. The molecule has 0 fully saturated rings. The molecule has 2 unspecified atom stereocenters. The summed E-state index contributed by atoms with van der Waals surface area (Å²) in [6, 6.07) is 22.4. The topological polar surface area (TPSA) is 73.9 Å². The molecule has 4 rings (SSSR count). The van der Waals surface area contributed by atoms with E-state index in [1.54, 1.807) is 26.4 Å². The largest absolute Gasteiger partial charge is 0.426 e. The Morgan fingerprint density at radius 2 is 1.56 bits per heavy atom. The van der Waals surface area contributed by atoms with Crippen molar-refractivity contribution in [3.05, 3.63) is 95.1 Å². The fourth-order valence-corrected chi connectivity index (χ4v) is 4.21. The number of carbonyl (C=O) groups is 2. The lowest BCUT2D eigenvalue weighted by molar-refractivity contribution is -0.131. The highest BCUT2D eigenvalue weighted by Crippen LogP contribution is 2.45. The number of methoxy groups -OCH3 is 2. The molecule has 1 heterocycles. The van der Waals surface area contributed by atoms with Gasteiger partial charge in [-0.05, 0) is 23.3 Å². The third-order valence-corrected chi connectivity index (χ3v) is 5.61. The number of ether oxygens (including phenoxy) is 3. The predicted molar refractivity (Wildman–Crippen MR) is 121 cm³/mol. The molecule has 0 saturated carbocycles. The van der Waals surface area contributed by atoms with E-state index >= 15 is 0 Å². The summed E-state index contributed by atoms with van der Waals surface area (Å²) in [5.41, 5.74) is 3.75. The van der Waals surface area contributed by atoms with Crippen molar-refractivity contribution in [2.24, 2.45) is 0 Å². The lowest BCUT2D eigenvalue weighted by atomic mass is 9.78. The summed E-state index contributed by atoms with van der Waals surface area (Å²) >= 11 is 0. The molecule has 32 heavy (non-hydrogen) atoms. The van der Waals surface area contributed by atoms with Crippen LogP contribution in [0, 0.1) is 0 Å². The zero-order chi connectivity index (χ0) is 22.7. The summed E-state index contributed by atoms with van der Waals surface area (Å²) in [5, 5.41) is 3.51. The zero-order valence-corrected chi connectivity index (χ0v) is 18.2. The fraction of sp³-hybridized carbons (Fsp3) is 0.231. The molecule has 1 aliphatic heterocycles. The summed E-state index contributed by atoms with van der Waals surface area (Å²) in [7, 11) is 3.18. The first-order valence-corrected chi connectivity index (χ1v) is 10.4. The van der Waals surface area contributed by atoms with E-state index in [1.807, 2.05) is 60.7 Å². The molecule has 0 saturated heterocycles. The number of ketones is 1. The first kappa shape index (κ1) is 21.7. The van der Waals surface area contributed by atoms with Gasteiger partial charge in [0.15, 0.2) is 12.1 Å². The maximum atomic E-state index is 13.8. The van der Waals surface area contributed by atoms with Crippen LogP contribution in [0.1, 0.15) is 52.2 Å². The summed E-state index contributed by atoms with van der Waals surface area (Å²) in [6.07, 6.45) is -0.457. The van der Waals surface area contributed by atoms with Crippen molar-refractivity contribution in [3.8, 4) is 5.75 Å². The van der Waals surface area contributed by atoms with Crippen LogP contribution in [-0.2, 0) is 14.3 Å². The van der Waals surface area contributed by atoms with Crippen molar-refractivity contribution < 1.29 is 23.8 Å². The van der Waals surface area contributed by atoms with E-state index in [9.17, 15) is 9.59 Å². The third-order valence-electron chi connectivity index (χ3n) is 5.61. The van der Waals surface area contributed by atoms with Gasteiger partial charge in [0.05, 0.1) is 17.5 Å². The highest BCUT2D eigenvalue weighted by molar-refractivity contribution is 6.10. The molecule has 3 aromatic carbocycles. The number of carbonyl (C=O) groups excluding carboxylic acids is 2. The number of benzene rings is 3. The molecule has 6 nitrogen and oxygen atoms in total. The van der Waals surface area contributed by atoms with Crippen LogP contribution in [0.5, 0.6) is 5.75 Å². The fourth-order valence-electron chi connectivity index (χ4n) is 4.21. The molecule has 0 amide bonds. The first-order chi connectivity index (χ1) is 15.5. The molecule has 1 aliphatic rings. The van der Waals surface area contributed by atoms with Gasteiger partial charge in [0.2, 0.25) is 0 Å². The number of esters is 1. The second-order valence-corrected chi connectivity index (χ2v) is 7.62. The van der Waals surface area contributed by atoms with Gasteiger partial charge in [-0.2, -0.15) is 0 Å². The zero-order valence-electron chi connectivity index (χ0n) is 18.2. The number of fused-ring (bicyclic) bond motifs is 1. The van der Waals surface area contributed by atoms with Gasteiger partial charge in [-0.25, -0.2) is 0 Å². The standard InChI is InChI=1S/C26H25NO5/c1-16(28)32-21-11-7-10-20-23(21)25(29)22(17-8-5-4-6-9-17)24(27-20)18-12-14-19(15-13-18)26(30-2)31-3/h4-15,22,24,26-27H,1-3H3. The van der Waals surface area contributed by atoms with Crippen LogP contribution in [0.25, 0.3) is 0 Å². The Kier molecular flexibility index (Phi) is 6.35. The molecular weight excluding hydrogens is 406 g/mol. The van der Waals surface area contributed by atoms with Gasteiger partial charge in [-0.1, -0.05) is 60.7 Å². The lowest BCUT2D eigenvalue weighted by Gasteiger charge is -2.35. The number of anilines is 1. The molecule has 3 aromatic rings. The SMILES string of the molecule is COC(OC)c1ccc(C2Nc3cccc(OC(C)=O)c3C(=O)C2c2ccccc2)cc1. The highest BCUT2D eigenvalue weighted by atomic mass is 16.7. The molecule has 6 heteroatoms. The van der Waals surface area contributed by atoms with Gasteiger partial charge in [0.25, 0.3) is 0 Å². The van der Waals surface area contributed by atoms with Crippen LogP contribution in [0.2, 0.25) is 0 Å². The maximum absolute atomic E-state index is 13.8. The molecule has 164 valence electrons. The predicted octanol–water partition coefficient (Wildman–Crippen LogP) is 5.04. The maximum Gasteiger partial charge on any atom is 0.308 e. The Bertz CT molecular complexity index is 1110. The molecule has 1 N–H and O–H groups in total. The Hall–Kier alpha value is -3.48. The van der Waals surface area contributed by atoms with E-state index in [2.05, 4.69) is 5.32 Å². The van der Waals surface area contributed by atoms with Crippen LogP contribution in [0.15, 0.2) is 72.8 Å². The van der Waals surface area contributed by atoms with Gasteiger partial charge in [-0.3, -0.25) is 9.59 Å². The summed E-state index contributed by atoms with van der Waals surface area (Å²) < 4.78 is 16.0. The van der Waals surface area contributed by atoms with Gasteiger partial charge in [0, 0.05) is 32.4 Å². The number of nitrogens with one attached hydrogen (secondary N) is 1. The van der Waals surface area contributed by atoms with Gasteiger partial charge in [0.1, 0.15) is 5.75 Å². The van der Waals surface area contributed by atoms with E-state index in [4.69, 9.17) is 14.2 Å². The van der Waals surface area contributed by atoms with E-state index < -0.39 is 18.2 Å². The molecule has 0 spiro atoms. The molecule has 2 atom stereocenters. The second kappa shape index (κ2) is 9.34. The highest BCUT2D eigenvalue weighted by Gasteiger charge is 2.39. The normalized spacial score (nSPS) is 17.6. The Morgan fingerprint density at radius 1 is 0.875 bits per heavy atom. The Labute approximate surface area is 187 Å². The Morgan fingerprint density at radius 3 is 2.19 bits per heavy atom. The van der Waals surface area contributed by atoms with E-state index in [-0.39, 0.29) is 17.6 Å². The summed E-state index contributed by atoms with van der Waals surface area (Å²) in [5.74, 6) is -0.786. The van der Waals surface area contributed by atoms with Gasteiger partial charge < -0.3 is 19.5 Å². The van der Waals surface area contributed by atoms with Crippen molar-refractivity contribution in [2.45, 2.75) is 25.2 Å². The van der Waals surface area contributed by atoms with Crippen molar-refractivity contribution in [2.75, 3.05) is 19.5 Å². The van der Waals surface area contributed by atoms with E-state index in [1.165, 1.54) is 6.92 Å². The molecule has 0 aliphatic carbocycles. The van der Waals surface area contributed by atoms with Crippen LogP contribution in [-0.4, -0.2) is 26.0 Å². The number of hydrogen-bond acceptors (Lipinski definition) is 6. The van der Waals surface area contributed by atoms with Crippen molar-refractivity contribution in [3.63, 3.8) is 0 Å². The van der Waals surface area contributed by atoms with Crippen LogP contribution in [0.4, 0.5) is 5.69 Å². The quantitative estimate of drug-likeness (QED) is 0.335. The van der Waals surface area contributed by atoms with Gasteiger partial charge >= 0.3 is 5.97 Å². The first-order valence-electron chi connectivity index (χ1n) is 10.4. The number of Topliss-reactive ketones (excluding diaryl/α,β-unsaturated/α-hetero) is 1. The van der Waals surface area contributed by atoms with Crippen LogP contribution >= 0.6 is 0 Å². The lowest BCUT2D eigenvalue weighted by Crippen LogP contribution is -2.32. The molecular formula is C26H25NO5. The minimum Gasteiger partial charge on any atom is -0.426 e. The van der Waals surface area contributed by atoms with Crippen molar-refractivity contribution in [1.82, 2.24) is 0 Å².